The Morgan fingerprint density at radius 2 is 2.15 bits per heavy atom. The number of carbonyl (C=O) groups excluding carboxylic acids is 1. The molecule has 6 nitrogen and oxygen atoms in total. The molecule has 1 N–H and O–H groups in total. The van der Waals surface area contributed by atoms with Gasteiger partial charge in [0.2, 0.25) is 15.9 Å². The average Bonchev–Trinajstić information content (AvgIpc) is 2.65. The standard InChI is InChI=1S/C13H18N2O4S/c1-2-19-11-4-3-5-12(10-11)20(17,18)15-8-6-13(16)14-7-9-15/h3-5,10H,2,6-9H2,1H3,(H,14,16). The van der Waals surface area contributed by atoms with E-state index >= 15 is 0 Å². The number of hydrogen-bond donors (Lipinski definition) is 1. The highest BCUT2D eigenvalue weighted by Crippen LogP contribution is 2.21. The Morgan fingerprint density at radius 1 is 1.35 bits per heavy atom. The molecule has 7 heteroatoms. The summed E-state index contributed by atoms with van der Waals surface area (Å²) in [7, 11) is -3.59. The van der Waals surface area contributed by atoms with Crippen molar-refractivity contribution in [2.75, 3.05) is 26.2 Å². The van der Waals surface area contributed by atoms with Crippen LogP contribution in [-0.2, 0) is 14.8 Å². The van der Waals surface area contributed by atoms with Gasteiger partial charge in [-0.1, -0.05) is 6.07 Å². The largest absolute Gasteiger partial charge is 0.494 e. The number of amides is 1. The first kappa shape index (κ1) is 14.8. The molecule has 0 radical (unpaired) electrons. The molecule has 1 amide bonds. The Bertz CT molecular complexity index is 586. The monoisotopic (exact) mass is 298 g/mol. The third-order valence-electron chi connectivity index (χ3n) is 3.03. The lowest BCUT2D eigenvalue weighted by atomic mass is 10.3. The van der Waals surface area contributed by atoms with E-state index in [0.717, 1.165) is 0 Å². The van der Waals surface area contributed by atoms with Crippen LogP contribution in [0, 0.1) is 0 Å². The van der Waals surface area contributed by atoms with Gasteiger partial charge >= 0.3 is 0 Å². The fourth-order valence-electron chi connectivity index (χ4n) is 2.03. The average molecular weight is 298 g/mol. The molecule has 1 saturated heterocycles. The van der Waals surface area contributed by atoms with Gasteiger partial charge in [0.15, 0.2) is 0 Å². The number of nitrogens with one attached hydrogen (secondary N) is 1. The minimum absolute atomic E-state index is 0.120. The molecule has 1 heterocycles. The summed E-state index contributed by atoms with van der Waals surface area (Å²) in [5, 5.41) is 2.66. The smallest absolute Gasteiger partial charge is 0.243 e. The summed E-state index contributed by atoms with van der Waals surface area (Å²) in [6.45, 7) is 3.14. The fraction of sp³-hybridized carbons (Fsp3) is 0.462. The molecule has 0 saturated carbocycles. The van der Waals surface area contributed by atoms with Crippen molar-refractivity contribution in [3.63, 3.8) is 0 Å². The lowest BCUT2D eigenvalue weighted by Gasteiger charge is -2.19. The normalized spacial score (nSPS) is 17.4. The van der Waals surface area contributed by atoms with E-state index in [1.165, 1.54) is 16.4 Å². The topological polar surface area (TPSA) is 75.7 Å². The second kappa shape index (κ2) is 6.23. The van der Waals surface area contributed by atoms with Gasteiger partial charge in [-0.3, -0.25) is 4.79 Å². The van der Waals surface area contributed by atoms with Crippen LogP contribution in [0.3, 0.4) is 0 Å². The molecule has 0 spiro atoms. The van der Waals surface area contributed by atoms with Crippen LogP contribution in [-0.4, -0.2) is 44.9 Å². The first-order valence-electron chi connectivity index (χ1n) is 6.53. The molecule has 1 aromatic carbocycles. The molecule has 20 heavy (non-hydrogen) atoms. The van der Waals surface area contributed by atoms with E-state index in [2.05, 4.69) is 5.32 Å². The molecule has 1 aliphatic rings. The summed E-state index contributed by atoms with van der Waals surface area (Å²) in [6, 6.07) is 6.42. The Morgan fingerprint density at radius 3 is 2.90 bits per heavy atom. The summed E-state index contributed by atoms with van der Waals surface area (Å²) < 4.78 is 31.7. The van der Waals surface area contributed by atoms with Gasteiger partial charge in [-0.2, -0.15) is 4.31 Å². The lowest BCUT2D eigenvalue weighted by Crippen LogP contribution is -2.34. The van der Waals surface area contributed by atoms with Crippen LogP contribution in [0.15, 0.2) is 29.2 Å². The lowest BCUT2D eigenvalue weighted by molar-refractivity contribution is -0.120. The van der Waals surface area contributed by atoms with Crippen LogP contribution in [0.4, 0.5) is 0 Å². The molecule has 0 atom stereocenters. The van der Waals surface area contributed by atoms with Crippen molar-refractivity contribution in [1.82, 2.24) is 9.62 Å². The SMILES string of the molecule is CCOc1cccc(S(=O)(=O)N2CCNC(=O)CC2)c1. The molecule has 2 rings (SSSR count). The molecule has 0 unspecified atom stereocenters. The molecule has 1 aliphatic heterocycles. The Hall–Kier alpha value is -1.60. The second-order valence-corrected chi connectivity index (χ2v) is 6.35. The highest BCUT2D eigenvalue weighted by Gasteiger charge is 2.26. The number of ether oxygens (including phenoxy) is 1. The van der Waals surface area contributed by atoms with Gasteiger partial charge in [0.05, 0.1) is 11.5 Å². The van der Waals surface area contributed by atoms with Crippen LogP contribution in [0.1, 0.15) is 13.3 Å². The van der Waals surface area contributed by atoms with Crippen molar-refractivity contribution in [3.8, 4) is 5.75 Å². The van der Waals surface area contributed by atoms with E-state index in [4.69, 9.17) is 4.74 Å². The van der Waals surface area contributed by atoms with Crippen molar-refractivity contribution in [1.29, 1.82) is 0 Å². The van der Waals surface area contributed by atoms with Gasteiger partial charge in [0.1, 0.15) is 5.75 Å². The number of hydrogen-bond acceptors (Lipinski definition) is 4. The Labute approximate surface area is 118 Å². The maximum atomic E-state index is 12.5. The summed E-state index contributed by atoms with van der Waals surface area (Å²) in [6.07, 6.45) is 0.185. The zero-order valence-corrected chi connectivity index (χ0v) is 12.1. The van der Waals surface area contributed by atoms with Crippen molar-refractivity contribution < 1.29 is 17.9 Å². The zero-order valence-electron chi connectivity index (χ0n) is 11.3. The van der Waals surface area contributed by atoms with Crippen LogP contribution in [0.5, 0.6) is 5.75 Å². The van der Waals surface area contributed by atoms with Gasteiger partial charge in [0, 0.05) is 32.1 Å². The van der Waals surface area contributed by atoms with Gasteiger partial charge < -0.3 is 10.1 Å². The minimum atomic E-state index is -3.59. The minimum Gasteiger partial charge on any atom is -0.494 e. The Kier molecular flexibility index (Phi) is 4.61. The maximum Gasteiger partial charge on any atom is 0.243 e. The van der Waals surface area contributed by atoms with Crippen LogP contribution in [0.2, 0.25) is 0 Å². The van der Waals surface area contributed by atoms with Gasteiger partial charge in [-0.05, 0) is 19.1 Å². The highest BCUT2D eigenvalue weighted by atomic mass is 32.2. The Balaban J connectivity index is 2.25. The quantitative estimate of drug-likeness (QED) is 0.883. The second-order valence-electron chi connectivity index (χ2n) is 4.41. The third kappa shape index (κ3) is 3.29. The predicted octanol–water partition coefficient (Wildman–Crippen LogP) is 0.596. The highest BCUT2D eigenvalue weighted by molar-refractivity contribution is 7.89. The van der Waals surface area contributed by atoms with E-state index in [1.807, 2.05) is 6.92 Å². The summed E-state index contributed by atoms with van der Waals surface area (Å²) in [5.74, 6) is 0.406. The molecule has 0 aromatic heterocycles. The number of nitrogens with zero attached hydrogens (tertiary/aromatic N) is 1. The molecular weight excluding hydrogens is 280 g/mol. The van der Waals surface area contributed by atoms with Crippen LogP contribution >= 0.6 is 0 Å². The van der Waals surface area contributed by atoms with Crippen molar-refractivity contribution in [2.45, 2.75) is 18.2 Å². The number of benzene rings is 1. The van der Waals surface area contributed by atoms with Gasteiger partial charge in [0.25, 0.3) is 0 Å². The molecular formula is C13H18N2O4S. The van der Waals surface area contributed by atoms with E-state index in [-0.39, 0.29) is 30.3 Å². The van der Waals surface area contributed by atoms with Crippen LogP contribution < -0.4 is 10.1 Å². The number of rotatable bonds is 4. The molecule has 0 bridgehead atoms. The summed E-state index contributed by atoms with van der Waals surface area (Å²) in [4.78, 5) is 11.5. The molecule has 110 valence electrons. The van der Waals surface area contributed by atoms with E-state index in [1.54, 1.807) is 12.1 Å². The van der Waals surface area contributed by atoms with Gasteiger partial charge in [-0.25, -0.2) is 8.42 Å². The maximum absolute atomic E-state index is 12.5. The number of carbonyl (C=O) groups is 1. The van der Waals surface area contributed by atoms with Crippen molar-refractivity contribution in [2.24, 2.45) is 0 Å². The third-order valence-corrected chi connectivity index (χ3v) is 4.92. The zero-order chi connectivity index (χ0) is 14.6. The first-order valence-corrected chi connectivity index (χ1v) is 7.98. The van der Waals surface area contributed by atoms with Gasteiger partial charge in [-0.15, -0.1) is 0 Å². The van der Waals surface area contributed by atoms with Crippen LogP contribution in [0.25, 0.3) is 0 Å². The van der Waals surface area contributed by atoms with Crippen molar-refractivity contribution in [3.05, 3.63) is 24.3 Å². The fourth-order valence-corrected chi connectivity index (χ4v) is 3.50. The van der Waals surface area contributed by atoms with Crippen molar-refractivity contribution >= 4 is 15.9 Å². The molecule has 1 fully saturated rings. The summed E-state index contributed by atoms with van der Waals surface area (Å²) in [5.41, 5.74) is 0. The number of sulfonamides is 1. The summed E-state index contributed by atoms with van der Waals surface area (Å²) >= 11 is 0. The molecule has 1 aromatic rings. The van der Waals surface area contributed by atoms with E-state index in [0.29, 0.717) is 18.9 Å². The predicted molar refractivity (Wildman–Crippen MR) is 74.0 cm³/mol. The molecule has 0 aliphatic carbocycles. The first-order chi connectivity index (χ1) is 9.54. The van der Waals surface area contributed by atoms with E-state index in [9.17, 15) is 13.2 Å². The van der Waals surface area contributed by atoms with E-state index < -0.39 is 10.0 Å².